The van der Waals surface area contributed by atoms with E-state index in [-0.39, 0.29) is 17.0 Å². The molecule has 0 spiro atoms. The van der Waals surface area contributed by atoms with Crippen LogP contribution in [0.15, 0.2) is 48.8 Å². The zero-order valence-corrected chi connectivity index (χ0v) is 21.5. The smallest absolute Gasteiger partial charge is 0.151 e. The Labute approximate surface area is 221 Å². The summed E-state index contributed by atoms with van der Waals surface area (Å²) in [6.07, 6.45) is 5.20. The molecule has 2 aromatic carbocycles. The first-order chi connectivity index (χ1) is 18.1. The average molecular weight is 504 g/mol. The van der Waals surface area contributed by atoms with Gasteiger partial charge in [0.2, 0.25) is 0 Å². The number of aromatic nitrogens is 4. The van der Waals surface area contributed by atoms with Crippen LogP contribution in [-0.2, 0) is 5.44 Å². The molecule has 2 radical (unpaired) electrons. The van der Waals surface area contributed by atoms with Gasteiger partial charge < -0.3 is 10.6 Å². The maximum Gasteiger partial charge on any atom is 0.151 e. The predicted octanol–water partition coefficient (Wildman–Crippen LogP) is 4.98. The lowest BCUT2D eigenvalue weighted by molar-refractivity contribution is 0.443. The minimum absolute atomic E-state index is 0.0811. The zero-order valence-electron chi connectivity index (χ0n) is 21.5. The van der Waals surface area contributed by atoms with Gasteiger partial charge in [0.15, 0.2) is 5.82 Å². The number of pyridine rings is 1. The first-order valence-corrected chi connectivity index (χ1v) is 12.4. The van der Waals surface area contributed by atoms with Crippen molar-refractivity contribution in [3.05, 3.63) is 77.0 Å². The van der Waals surface area contributed by atoms with Crippen molar-refractivity contribution in [1.82, 2.24) is 20.0 Å². The molecule has 8 nitrogen and oxygen atoms in total. The molecule has 0 aliphatic heterocycles. The van der Waals surface area contributed by atoms with Gasteiger partial charge in [0.05, 0.1) is 40.6 Å². The molecular weight excluding hydrogens is 478 g/mol. The van der Waals surface area contributed by atoms with Crippen LogP contribution in [0.2, 0.25) is 0 Å². The summed E-state index contributed by atoms with van der Waals surface area (Å²) in [5.74, 6) is -0.567. The molecular formula is C28H26BFN8. The molecule has 0 saturated heterocycles. The van der Waals surface area contributed by atoms with Crippen molar-refractivity contribution in [1.29, 1.82) is 10.5 Å². The minimum atomic E-state index is -1.43. The Bertz CT molecular complexity index is 1610. The number of nitrogens with one attached hydrogen (secondary N) is 2. The van der Waals surface area contributed by atoms with Crippen molar-refractivity contribution >= 4 is 30.1 Å². The highest BCUT2D eigenvalue weighted by molar-refractivity contribution is 6.19. The van der Waals surface area contributed by atoms with E-state index >= 15 is 4.39 Å². The molecule has 2 heterocycles. The Morgan fingerprint density at radius 1 is 1.16 bits per heavy atom. The molecule has 2 aromatic heterocycles. The van der Waals surface area contributed by atoms with Gasteiger partial charge in [0.1, 0.15) is 25.1 Å². The van der Waals surface area contributed by atoms with E-state index in [1.54, 1.807) is 41.2 Å². The summed E-state index contributed by atoms with van der Waals surface area (Å²) in [7, 11) is 6.99. The molecule has 1 atom stereocenters. The van der Waals surface area contributed by atoms with Gasteiger partial charge in [-0.1, -0.05) is 38.1 Å². The highest BCUT2D eigenvalue weighted by Gasteiger charge is 2.34. The number of hydrogen-bond donors (Lipinski definition) is 2. The molecule has 0 amide bonds. The van der Waals surface area contributed by atoms with Gasteiger partial charge >= 0.3 is 0 Å². The number of nitriles is 2. The van der Waals surface area contributed by atoms with Gasteiger partial charge in [-0.05, 0) is 48.1 Å². The van der Waals surface area contributed by atoms with Crippen LogP contribution in [0, 0.1) is 33.9 Å². The van der Waals surface area contributed by atoms with Gasteiger partial charge in [-0.15, -0.1) is 5.10 Å². The second-order valence-corrected chi connectivity index (χ2v) is 10.9. The number of rotatable bonds is 7. The van der Waals surface area contributed by atoms with Crippen molar-refractivity contribution in [2.24, 2.45) is 5.41 Å². The van der Waals surface area contributed by atoms with E-state index in [0.717, 1.165) is 12.8 Å². The lowest BCUT2D eigenvalue weighted by Gasteiger charge is -2.32. The summed E-state index contributed by atoms with van der Waals surface area (Å²) in [5.41, 5.74) is 1.22. The first kappa shape index (κ1) is 25.2. The Kier molecular flexibility index (Phi) is 6.28. The Hall–Kier alpha value is -4.44. The fraction of sp³-hybridized carbons (Fsp3) is 0.321. The van der Waals surface area contributed by atoms with Crippen LogP contribution >= 0.6 is 0 Å². The highest BCUT2D eigenvalue weighted by atomic mass is 19.1. The van der Waals surface area contributed by atoms with Gasteiger partial charge in [0.25, 0.3) is 0 Å². The fourth-order valence-electron chi connectivity index (χ4n) is 4.28. The van der Waals surface area contributed by atoms with Crippen LogP contribution in [0.5, 0.6) is 0 Å². The molecule has 1 aliphatic rings. The number of benzene rings is 2. The van der Waals surface area contributed by atoms with Crippen LogP contribution in [0.3, 0.4) is 0 Å². The second kappa shape index (κ2) is 9.46. The van der Waals surface area contributed by atoms with Crippen molar-refractivity contribution in [2.45, 2.75) is 45.1 Å². The predicted molar refractivity (Wildman–Crippen MR) is 144 cm³/mol. The summed E-state index contributed by atoms with van der Waals surface area (Å²) in [6.45, 7) is 6.76. The summed E-state index contributed by atoms with van der Waals surface area (Å²) in [4.78, 5) is 4.20. The lowest BCUT2D eigenvalue weighted by Crippen LogP contribution is -2.38. The number of hydrogen-bond acceptors (Lipinski definition) is 7. The number of anilines is 2. The van der Waals surface area contributed by atoms with E-state index in [1.165, 1.54) is 12.3 Å². The van der Waals surface area contributed by atoms with Gasteiger partial charge in [-0.3, -0.25) is 4.98 Å². The Morgan fingerprint density at radius 3 is 2.63 bits per heavy atom. The fourth-order valence-corrected chi connectivity index (χ4v) is 4.28. The normalized spacial score (nSPS) is 14.9. The Balaban J connectivity index is 1.64. The lowest BCUT2D eigenvalue weighted by atomic mass is 9.69. The molecule has 1 aliphatic carbocycles. The quantitative estimate of drug-likeness (QED) is 0.341. The maximum atomic E-state index is 15.4. The molecule has 2 N–H and O–H groups in total. The number of fused-ring (bicyclic) bond motifs is 1. The largest absolute Gasteiger partial charge is 0.383 e. The maximum absolute atomic E-state index is 15.4. The number of nitrogens with zero attached hydrogens (tertiary/aromatic N) is 6. The van der Waals surface area contributed by atoms with Crippen molar-refractivity contribution in [3.8, 4) is 12.1 Å². The molecule has 1 fully saturated rings. The van der Waals surface area contributed by atoms with Gasteiger partial charge in [0, 0.05) is 23.8 Å². The van der Waals surface area contributed by atoms with Crippen LogP contribution in [0.4, 0.5) is 15.8 Å². The van der Waals surface area contributed by atoms with E-state index in [2.05, 4.69) is 58.8 Å². The van der Waals surface area contributed by atoms with E-state index in [0.29, 0.717) is 45.7 Å². The second-order valence-electron chi connectivity index (χ2n) is 10.9. The number of halogens is 1. The molecule has 5 rings (SSSR count). The molecule has 0 bridgehead atoms. The van der Waals surface area contributed by atoms with Crippen molar-refractivity contribution < 1.29 is 4.39 Å². The van der Waals surface area contributed by atoms with Crippen LogP contribution < -0.4 is 10.6 Å². The van der Waals surface area contributed by atoms with Crippen molar-refractivity contribution in [2.75, 3.05) is 17.2 Å². The summed E-state index contributed by atoms with van der Waals surface area (Å²) in [6, 6.07) is 14.5. The highest BCUT2D eigenvalue weighted by Crippen LogP contribution is 2.37. The summed E-state index contributed by atoms with van der Waals surface area (Å²) in [5, 5.41) is 34.8. The van der Waals surface area contributed by atoms with Crippen LogP contribution in [-0.4, -0.2) is 34.4 Å². The molecule has 1 saturated carbocycles. The third kappa shape index (κ3) is 4.90. The van der Waals surface area contributed by atoms with E-state index in [9.17, 15) is 10.5 Å². The molecule has 38 heavy (non-hydrogen) atoms. The zero-order chi connectivity index (χ0) is 27.1. The van der Waals surface area contributed by atoms with E-state index < -0.39 is 11.3 Å². The monoisotopic (exact) mass is 504 g/mol. The molecule has 1 unspecified atom stereocenters. The summed E-state index contributed by atoms with van der Waals surface area (Å²) >= 11 is 0. The average Bonchev–Trinajstić information content (AvgIpc) is 3.62. The topological polar surface area (TPSA) is 115 Å². The first-order valence-electron chi connectivity index (χ1n) is 12.4. The third-order valence-electron chi connectivity index (χ3n) is 6.46. The SMILES string of the molecule is [B]C(Nc1cc(F)c2ncc(C#N)c(NCC(C)(C)C)c2c1)(c1cccc(C#N)c1)c1cn(C2CC2)nn1. The van der Waals surface area contributed by atoms with Crippen LogP contribution in [0.1, 0.15) is 62.0 Å². The molecule has 4 aromatic rings. The molecule has 10 heteroatoms. The third-order valence-corrected chi connectivity index (χ3v) is 6.46. The standard InChI is InChI=1S/C28H26BFN8/c1-27(2,3)16-34-25-18(13-32)14-33-26-22(25)10-20(11-23(26)30)35-28(29,19-6-4-5-17(9-19)12-31)24-15-38(37-36-24)21-7-8-21/h4-6,9-11,14-15,21,35H,7-8,16H2,1-3H3,(H,33,34). The molecule has 188 valence electrons. The van der Waals surface area contributed by atoms with Crippen molar-refractivity contribution in [3.63, 3.8) is 0 Å². The van der Waals surface area contributed by atoms with Crippen LogP contribution in [0.25, 0.3) is 10.9 Å². The van der Waals surface area contributed by atoms with E-state index in [1.807, 2.05) is 0 Å². The van der Waals surface area contributed by atoms with E-state index in [4.69, 9.17) is 7.85 Å². The van der Waals surface area contributed by atoms with Gasteiger partial charge in [-0.25, -0.2) is 9.07 Å². The summed E-state index contributed by atoms with van der Waals surface area (Å²) < 4.78 is 17.2. The Morgan fingerprint density at radius 2 is 1.95 bits per heavy atom. The minimum Gasteiger partial charge on any atom is -0.383 e. The van der Waals surface area contributed by atoms with Gasteiger partial charge in [-0.2, -0.15) is 10.5 Å².